The lowest BCUT2D eigenvalue weighted by atomic mass is 9.60. The Morgan fingerprint density at radius 1 is 1.00 bits per heavy atom. The van der Waals surface area contributed by atoms with E-state index in [-0.39, 0.29) is 57.6 Å². The number of phenols is 2. The minimum Gasteiger partial charge on any atom is -0.507 e. The fourth-order valence-electron chi connectivity index (χ4n) is 8.32. The molecule has 2 aromatic carbocycles. The molecule has 1 aromatic heterocycles. The molecule has 0 saturated heterocycles. The van der Waals surface area contributed by atoms with Crippen molar-refractivity contribution in [1.82, 2.24) is 0 Å². The number of ether oxygens (including phenoxy) is 3. The number of cyclic esters (lactones) is 1. The zero-order chi connectivity index (χ0) is 28.6. The van der Waals surface area contributed by atoms with Crippen LogP contribution in [0, 0.1) is 25.7 Å². The molecule has 4 aliphatic rings. The van der Waals surface area contributed by atoms with Crippen LogP contribution in [-0.2, 0) is 36.4 Å². The molecule has 206 valence electrons. The summed E-state index contributed by atoms with van der Waals surface area (Å²) in [7, 11) is 1.40. The Morgan fingerprint density at radius 2 is 1.70 bits per heavy atom. The van der Waals surface area contributed by atoms with Crippen LogP contribution in [0.15, 0.2) is 21.3 Å². The van der Waals surface area contributed by atoms with Crippen molar-refractivity contribution in [1.29, 1.82) is 0 Å². The second-order valence-corrected chi connectivity index (χ2v) is 11.1. The molecule has 3 N–H and O–H groups in total. The molecule has 2 heterocycles. The first-order valence-corrected chi connectivity index (χ1v) is 12.7. The summed E-state index contributed by atoms with van der Waals surface area (Å²) in [5, 5.41) is 32.6. The molecule has 1 fully saturated rings. The largest absolute Gasteiger partial charge is 0.507 e. The smallest absolute Gasteiger partial charge is 0.350 e. The number of carbonyl (C=O) groups is 3. The van der Waals surface area contributed by atoms with Crippen molar-refractivity contribution >= 4 is 28.5 Å². The summed E-state index contributed by atoms with van der Waals surface area (Å²) in [6.45, 7) is 4.22. The molecular formula is C29H24O11. The number of Topliss-reactive ketones (excluding diaryl/α,β-unsaturated/α-hetero) is 1. The number of ketones is 1. The minimum atomic E-state index is -1.57. The van der Waals surface area contributed by atoms with Crippen molar-refractivity contribution in [2.75, 3.05) is 13.7 Å². The maximum atomic E-state index is 14.6. The lowest BCUT2D eigenvalue weighted by Gasteiger charge is -2.48. The Bertz CT molecular complexity index is 1820. The van der Waals surface area contributed by atoms with Gasteiger partial charge >= 0.3 is 17.6 Å². The number of carbonyl (C=O) groups excluding carboxylic acids is 3. The molecule has 40 heavy (non-hydrogen) atoms. The van der Waals surface area contributed by atoms with Crippen molar-refractivity contribution in [3.63, 3.8) is 0 Å². The van der Waals surface area contributed by atoms with E-state index >= 15 is 0 Å². The van der Waals surface area contributed by atoms with Crippen LogP contribution in [0.1, 0.15) is 55.5 Å². The molecule has 5 atom stereocenters. The fourth-order valence-corrected chi connectivity index (χ4v) is 8.32. The number of methoxy groups -OCH3 is 1. The average molecular weight is 549 g/mol. The predicted octanol–water partition coefficient (Wildman–Crippen LogP) is 2.41. The van der Waals surface area contributed by atoms with Gasteiger partial charge in [-0.3, -0.25) is 9.59 Å². The quantitative estimate of drug-likeness (QED) is 0.402. The molecule has 3 aliphatic carbocycles. The monoisotopic (exact) mass is 548 g/mol. The minimum absolute atomic E-state index is 0.0669. The van der Waals surface area contributed by atoms with Gasteiger partial charge in [0.25, 0.3) is 5.95 Å². The van der Waals surface area contributed by atoms with Gasteiger partial charge < -0.3 is 33.9 Å². The van der Waals surface area contributed by atoms with Crippen molar-refractivity contribution in [2.24, 2.45) is 11.8 Å². The van der Waals surface area contributed by atoms with Gasteiger partial charge in [-0.1, -0.05) is 0 Å². The number of aryl methyl sites for hydroxylation is 2. The predicted molar refractivity (Wildman–Crippen MR) is 135 cm³/mol. The molecule has 1 spiro atoms. The van der Waals surface area contributed by atoms with Gasteiger partial charge in [-0.15, -0.1) is 0 Å². The van der Waals surface area contributed by atoms with E-state index in [0.717, 1.165) is 0 Å². The molecule has 1 unspecified atom stereocenters. The van der Waals surface area contributed by atoms with Crippen LogP contribution in [0.25, 0.3) is 10.8 Å². The van der Waals surface area contributed by atoms with Gasteiger partial charge in [0.2, 0.25) is 0 Å². The van der Waals surface area contributed by atoms with Crippen LogP contribution in [0.4, 0.5) is 0 Å². The maximum absolute atomic E-state index is 14.6. The first kappa shape index (κ1) is 24.6. The first-order valence-electron chi connectivity index (χ1n) is 12.7. The van der Waals surface area contributed by atoms with Crippen LogP contribution in [0.5, 0.6) is 17.4 Å². The first-order chi connectivity index (χ1) is 18.9. The highest BCUT2D eigenvalue weighted by Gasteiger charge is 2.78. The lowest BCUT2D eigenvalue weighted by Crippen LogP contribution is -2.56. The molecule has 2 bridgehead atoms. The maximum Gasteiger partial charge on any atom is 0.350 e. The van der Waals surface area contributed by atoms with E-state index < -0.39 is 58.2 Å². The van der Waals surface area contributed by atoms with Crippen molar-refractivity contribution < 1.29 is 48.3 Å². The van der Waals surface area contributed by atoms with Gasteiger partial charge in [0.15, 0.2) is 5.78 Å². The number of benzene rings is 2. The third kappa shape index (κ3) is 2.46. The van der Waals surface area contributed by atoms with E-state index in [0.29, 0.717) is 16.7 Å². The molecule has 1 aliphatic heterocycles. The summed E-state index contributed by atoms with van der Waals surface area (Å²) in [6, 6.07) is 2.69. The Balaban J connectivity index is 1.71. The molecule has 3 aromatic rings. The summed E-state index contributed by atoms with van der Waals surface area (Å²) in [6.07, 6.45) is -1.27. The second-order valence-electron chi connectivity index (χ2n) is 11.1. The number of hydrogen-bond donors (Lipinski definition) is 3. The average Bonchev–Trinajstić information content (AvgIpc) is 3.04. The highest BCUT2D eigenvalue weighted by molar-refractivity contribution is 6.10. The number of esters is 2. The number of rotatable bonds is 2. The summed E-state index contributed by atoms with van der Waals surface area (Å²) in [4.78, 5) is 53.1. The zero-order valence-corrected chi connectivity index (χ0v) is 21.9. The number of fused-ring (bicyclic) bond motifs is 4. The molecule has 0 amide bonds. The number of hydrogen-bond acceptors (Lipinski definition) is 11. The second kappa shape index (κ2) is 7.42. The van der Waals surface area contributed by atoms with Crippen LogP contribution in [-0.4, -0.2) is 52.9 Å². The van der Waals surface area contributed by atoms with Gasteiger partial charge in [0.05, 0.1) is 11.3 Å². The highest BCUT2D eigenvalue weighted by Crippen LogP contribution is 2.70. The Labute approximate surface area is 225 Å². The van der Waals surface area contributed by atoms with E-state index in [4.69, 9.17) is 18.6 Å². The Hall–Kier alpha value is -4.38. The molecular weight excluding hydrogens is 524 g/mol. The van der Waals surface area contributed by atoms with Gasteiger partial charge in [0.1, 0.15) is 40.8 Å². The van der Waals surface area contributed by atoms with E-state index in [9.17, 15) is 34.5 Å². The summed E-state index contributed by atoms with van der Waals surface area (Å²) >= 11 is 0. The fraction of sp³-hybridized carbons (Fsp3) is 0.379. The molecule has 11 nitrogen and oxygen atoms in total. The van der Waals surface area contributed by atoms with Gasteiger partial charge in [-0.05, 0) is 54.7 Å². The Morgan fingerprint density at radius 3 is 2.38 bits per heavy atom. The SMILES string of the molecule is CO[C@@]12c3c(C)cc(O)c4c(=O)oc(O)c(c34)C[C@@H]1[C@]13COC(=O)c4c(O)cc(C)c(c41)C(=O)[C@H]2C3OC(C)=O. The molecule has 1 saturated carbocycles. The highest BCUT2D eigenvalue weighted by atomic mass is 16.6. The van der Waals surface area contributed by atoms with Gasteiger partial charge in [-0.25, -0.2) is 9.59 Å². The third-order valence-electron chi connectivity index (χ3n) is 9.44. The molecule has 7 rings (SSSR count). The van der Waals surface area contributed by atoms with E-state index in [1.165, 1.54) is 26.2 Å². The molecule has 0 radical (unpaired) electrons. The van der Waals surface area contributed by atoms with Crippen LogP contribution < -0.4 is 5.63 Å². The number of phenolic OH excluding ortho intramolecular Hbond substituents is 2. The normalized spacial score (nSPS) is 29.1. The molecule has 11 heteroatoms. The third-order valence-corrected chi connectivity index (χ3v) is 9.44. The van der Waals surface area contributed by atoms with Crippen LogP contribution in [0.2, 0.25) is 0 Å². The van der Waals surface area contributed by atoms with Crippen LogP contribution in [0.3, 0.4) is 0 Å². The van der Waals surface area contributed by atoms with Crippen molar-refractivity contribution in [2.45, 2.75) is 44.3 Å². The zero-order valence-electron chi connectivity index (χ0n) is 21.9. The van der Waals surface area contributed by atoms with Crippen molar-refractivity contribution in [3.05, 3.63) is 61.5 Å². The summed E-state index contributed by atoms with van der Waals surface area (Å²) in [5.41, 5.74) is -2.28. The standard InChI is InChI=1S/C29H24O11/c1-9-5-14(32)19-21-16(9)23(33)22-24(39-11(3)30)28(21,8-38-26(19)35)15-7-12-17-18(27(36)40-25(12)34)13(31)6-10(2)20(17)29(15,22)37-4/h5-6,15,22,24,31-32,34H,7-8H2,1-4H3/t15-,22+,24?,28-,29-/m1/s1. The van der Waals surface area contributed by atoms with Crippen LogP contribution >= 0.6 is 0 Å². The number of aromatic hydroxyl groups is 3. The lowest BCUT2D eigenvalue weighted by molar-refractivity contribution is -0.154. The van der Waals surface area contributed by atoms with E-state index in [1.807, 2.05) is 0 Å². The van der Waals surface area contributed by atoms with Gasteiger partial charge in [-0.2, -0.15) is 0 Å². The Kier molecular flexibility index (Phi) is 4.57. The van der Waals surface area contributed by atoms with E-state index in [2.05, 4.69) is 0 Å². The summed E-state index contributed by atoms with van der Waals surface area (Å²) < 4.78 is 23.0. The van der Waals surface area contributed by atoms with Crippen molar-refractivity contribution in [3.8, 4) is 17.4 Å². The summed E-state index contributed by atoms with van der Waals surface area (Å²) in [5.74, 6) is -5.37. The topological polar surface area (TPSA) is 170 Å². The van der Waals surface area contributed by atoms with E-state index in [1.54, 1.807) is 13.8 Å². The van der Waals surface area contributed by atoms with Gasteiger partial charge in [0, 0.05) is 36.5 Å².